The van der Waals surface area contributed by atoms with Crippen LogP contribution in [0.25, 0.3) is 0 Å². The van der Waals surface area contributed by atoms with Crippen molar-refractivity contribution in [1.82, 2.24) is 14.7 Å². The van der Waals surface area contributed by atoms with Gasteiger partial charge in [0.15, 0.2) is 0 Å². The lowest BCUT2D eigenvalue weighted by molar-refractivity contribution is 0.221. The van der Waals surface area contributed by atoms with Crippen LogP contribution in [0.5, 0.6) is 0 Å². The highest BCUT2D eigenvalue weighted by Crippen LogP contribution is 2.26. The van der Waals surface area contributed by atoms with E-state index in [0.29, 0.717) is 5.92 Å². The molecule has 1 saturated heterocycles. The summed E-state index contributed by atoms with van der Waals surface area (Å²) < 4.78 is 1.84. The van der Waals surface area contributed by atoms with E-state index in [1.807, 2.05) is 28.9 Å². The Morgan fingerprint density at radius 2 is 2.21 bits per heavy atom. The van der Waals surface area contributed by atoms with Crippen LogP contribution in [-0.4, -0.2) is 33.8 Å². The second kappa shape index (κ2) is 6.30. The van der Waals surface area contributed by atoms with E-state index in [-0.39, 0.29) is 6.03 Å². The SMILES string of the molecule is Cn1cc(CC2CCN(C(=O)Nc3ccc4c(c3)CCC4)C2)cn1. The first-order valence-corrected chi connectivity index (χ1v) is 8.82. The molecule has 1 aromatic heterocycles. The third kappa shape index (κ3) is 3.16. The van der Waals surface area contributed by atoms with Crippen molar-refractivity contribution in [2.24, 2.45) is 13.0 Å². The first kappa shape index (κ1) is 15.2. The van der Waals surface area contributed by atoms with Crippen LogP contribution in [0.15, 0.2) is 30.6 Å². The molecule has 2 aromatic rings. The molecule has 5 heteroatoms. The predicted octanol–water partition coefficient (Wildman–Crippen LogP) is 3.01. The van der Waals surface area contributed by atoms with Gasteiger partial charge < -0.3 is 10.2 Å². The minimum absolute atomic E-state index is 0.0293. The predicted molar refractivity (Wildman–Crippen MR) is 94.1 cm³/mol. The number of amides is 2. The summed E-state index contributed by atoms with van der Waals surface area (Å²) in [5, 5.41) is 7.29. The van der Waals surface area contributed by atoms with Gasteiger partial charge in [-0.1, -0.05) is 6.07 Å². The van der Waals surface area contributed by atoms with Gasteiger partial charge in [-0.25, -0.2) is 4.79 Å². The number of anilines is 1. The van der Waals surface area contributed by atoms with Crippen LogP contribution >= 0.6 is 0 Å². The monoisotopic (exact) mass is 324 g/mol. The van der Waals surface area contributed by atoms with Crippen molar-refractivity contribution in [3.05, 3.63) is 47.3 Å². The Morgan fingerprint density at radius 3 is 3.04 bits per heavy atom. The number of aryl methyl sites for hydroxylation is 3. The topological polar surface area (TPSA) is 50.2 Å². The molecule has 1 aromatic carbocycles. The van der Waals surface area contributed by atoms with Gasteiger partial charge in [0.25, 0.3) is 0 Å². The molecule has 1 fully saturated rings. The summed E-state index contributed by atoms with van der Waals surface area (Å²) in [5.41, 5.74) is 5.01. The lowest BCUT2D eigenvalue weighted by atomic mass is 10.0. The fourth-order valence-corrected chi connectivity index (χ4v) is 3.95. The highest BCUT2D eigenvalue weighted by atomic mass is 16.2. The molecule has 1 unspecified atom stereocenters. The zero-order chi connectivity index (χ0) is 16.5. The van der Waals surface area contributed by atoms with Crippen molar-refractivity contribution in [2.75, 3.05) is 18.4 Å². The molecule has 126 valence electrons. The molecule has 24 heavy (non-hydrogen) atoms. The van der Waals surface area contributed by atoms with E-state index in [4.69, 9.17) is 0 Å². The van der Waals surface area contributed by atoms with Crippen LogP contribution in [0.3, 0.4) is 0 Å². The van der Waals surface area contributed by atoms with Crippen molar-refractivity contribution in [2.45, 2.75) is 32.1 Å². The molecule has 0 spiro atoms. The largest absolute Gasteiger partial charge is 0.324 e. The van der Waals surface area contributed by atoms with Crippen molar-refractivity contribution in [3.8, 4) is 0 Å². The van der Waals surface area contributed by atoms with Gasteiger partial charge in [-0.3, -0.25) is 4.68 Å². The lowest BCUT2D eigenvalue weighted by Gasteiger charge is -2.18. The first-order chi connectivity index (χ1) is 11.7. The van der Waals surface area contributed by atoms with E-state index < -0.39 is 0 Å². The Balaban J connectivity index is 1.34. The van der Waals surface area contributed by atoms with Gasteiger partial charge in [0.2, 0.25) is 0 Å². The fraction of sp³-hybridized carbons (Fsp3) is 0.474. The highest BCUT2D eigenvalue weighted by molar-refractivity contribution is 5.89. The van der Waals surface area contributed by atoms with Crippen LogP contribution in [-0.2, 0) is 26.3 Å². The minimum Gasteiger partial charge on any atom is -0.324 e. The number of benzene rings is 1. The molecule has 1 aliphatic heterocycles. The maximum Gasteiger partial charge on any atom is 0.321 e. The summed E-state index contributed by atoms with van der Waals surface area (Å²) in [4.78, 5) is 14.5. The van der Waals surface area contributed by atoms with Crippen LogP contribution in [0, 0.1) is 5.92 Å². The van der Waals surface area contributed by atoms with E-state index in [2.05, 4.69) is 28.7 Å². The van der Waals surface area contributed by atoms with Gasteiger partial charge in [-0.15, -0.1) is 0 Å². The van der Waals surface area contributed by atoms with E-state index in [9.17, 15) is 4.79 Å². The summed E-state index contributed by atoms with van der Waals surface area (Å²) in [6, 6.07) is 6.36. The molecule has 4 rings (SSSR count). The maximum atomic E-state index is 12.5. The number of hydrogen-bond donors (Lipinski definition) is 1. The quantitative estimate of drug-likeness (QED) is 0.943. The number of nitrogens with one attached hydrogen (secondary N) is 1. The summed E-state index contributed by atoms with van der Waals surface area (Å²) in [6.45, 7) is 1.66. The number of carbonyl (C=O) groups excluding carboxylic acids is 1. The van der Waals surface area contributed by atoms with Crippen molar-refractivity contribution in [1.29, 1.82) is 0 Å². The number of likely N-dealkylation sites (tertiary alicyclic amines) is 1. The van der Waals surface area contributed by atoms with E-state index in [1.54, 1.807) is 0 Å². The Hall–Kier alpha value is -2.30. The van der Waals surface area contributed by atoms with Gasteiger partial charge >= 0.3 is 6.03 Å². The smallest absolute Gasteiger partial charge is 0.321 e. The Labute approximate surface area is 142 Å². The van der Waals surface area contributed by atoms with Gasteiger partial charge in [0.1, 0.15) is 0 Å². The normalized spacial score (nSPS) is 19.5. The first-order valence-electron chi connectivity index (χ1n) is 8.82. The number of aromatic nitrogens is 2. The van der Waals surface area contributed by atoms with Crippen LogP contribution in [0.1, 0.15) is 29.5 Å². The third-order valence-electron chi connectivity index (χ3n) is 5.21. The van der Waals surface area contributed by atoms with Crippen molar-refractivity contribution >= 4 is 11.7 Å². The summed E-state index contributed by atoms with van der Waals surface area (Å²) in [6.07, 6.45) is 9.58. The number of hydrogen-bond acceptors (Lipinski definition) is 2. The Kier molecular flexibility index (Phi) is 4.00. The second-order valence-corrected chi connectivity index (χ2v) is 7.09. The van der Waals surface area contributed by atoms with Crippen LogP contribution in [0.4, 0.5) is 10.5 Å². The molecule has 2 amide bonds. The van der Waals surface area contributed by atoms with E-state index in [1.165, 1.54) is 29.5 Å². The average molecular weight is 324 g/mol. The molecule has 1 N–H and O–H groups in total. The molecule has 0 bridgehead atoms. The molecule has 1 aliphatic carbocycles. The van der Waals surface area contributed by atoms with Gasteiger partial charge in [0, 0.05) is 32.0 Å². The van der Waals surface area contributed by atoms with E-state index >= 15 is 0 Å². The maximum absolute atomic E-state index is 12.5. The average Bonchev–Trinajstić information content (AvgIpc) is 3.28. The van der Waals surface area contributed by atoms with E-state index in [0.717, 1.165) is 38.0 Å². The summed E-state index contributed by atoms with van der Waals surface area (Å²) in [7, 11) is 1.94. The van der Waals surface area contributed by atoms with Crippen molar-refractivity contribution < 1.29 is 4.79 Å². The lowest BCUT2D eigenvalue weighted by Crippen LogP contribution is -2.33. The molecule has 2 heterocycles. The number of nitrogens with zero attached hydrogens (tertiary/aromatic N) is 3. The van der Waals surface area contributed by atoms with Gasteiger partial charge in [-0.05, 0) is 66.8 Å². The molecule has 5 nitrogen and oxygen atoms in total. The zero-order valence-electron chi connectivity index (χ0n) is 14.2. The summed E-state index contributed by atoms with van der Waals surface area (Å²) in [5.74, 6) is 0.528. The molecule has 0 radical (unpaired) electrons. The Bertz CT molecular complexity index is 752. The molecule has 2 aliphatic rings. The number of carbonyl (C=O) groups is 1. The van der Waals surface area contributed by atoms with Gasteiger partial charge in [-0.2, -0.15) is 5.10 Å². The third-order valence-corrected chi connectivity index (χ3v) is 5.21. The molecule has 1 atom stereocenters. The highest BCUT2D eigenvalue weighted by Gasteiger charge is 2.26. The van der Waals surface area contributed by atoms with Crippen LogP contribution < -0.4 is 5.32 Å². The standard InChI is InChI=1S/C19H24N4O/c1-22-12-15(11-20-22)9-14-7-8-23(13-14)19(24)21-18-6-5-16-3-2-4-17(16)10-18/h5-6,10-12,14H,2-4,7-9,13H2,1H3,(H,21,24). The second-order valence-electron chi connectivity index (χ2n) is 7.09. The van der Waals surface area contributed by atoms with Gasteiger partial charge in [0.05, 0.1) is 6.20 Å². The summed E-state index contributed by atoms with van der Waals surface area (Å²) >= 11 is 0. The number of fused-ring (bicyclic) bond motifs is 1. The van der Waals surface area contributed by atoms with Crippen LogP contribution in [0.2, 0.25) is 0 Å². The number of rotatable bonds is 3. The molecule has 0 saturated carbocycles. The Morgan fingerprint density at radius 1 is 1.33 bits per heavy atom. The molecular weight excluding hydrogens is 300 g/mol. The fourth-order valence-electron chi connectivity index (χ4n) is 3.95. The minimum atomic E-state index is 0.0293. The number of urea groups is 1. The zero-order valence-corrected chi connectivity index (χ0v) is 14.2. The van der Waals surface area contributed by atoms with Crippen molar-refractivity contribution in [3.63, 3.8) is 0 Å². The molecular formula is C19H24N4O.